The SMILES string of the molecule is O=C1NC(=O)C(Nc2cccc(C(=O)N3CCN(C(=O)c4ccccn4)CC3)c2O)=C1NCc1ccccc1. The van der Waals surface area contributed by atoms with Crippen molar-refractivity contribution in [2.45, 2.75) is 6.54 Å². The lowest BCUT2D eigenvalue weighted by Gasteiger charge is -2.34. The Morgan fingerprint density at radius 1 is 0.821 bits per heavy atom. The second kappa shape index (κ2) is 11.1. The van der Waals surface area contributed by atoms with Crippen molar-refractivity contribution in [2.75, 3.05) is 31.5 Å². The molecule has 4 N–H and O–H groups in total. The second-order valence-corrected chi connectivity index (χ2v) is 9.00. The van der Waals surface area contributed by atoms with Gasteiger partial charge in [0, 0.05) is 38.9 Å². The number of amides is 4. The molecule has 2 aromatic carbocycles. The molecule has 0 aliphatic carbocycles. The number of piperazine rings is 1. The van der Waals surface area contributed by atoms with Crippen LogP contribution in [-0.4, -0.2) is 69.7 Å². The molecule has 5 rings (SSSR count). The summed E-state index contributed by atoms with van der Waals surface area (Å²) in [6, 6.07) is 19.0. The predicted octanol–water partition coefficient (Wildman–Crippen LogP) is 1.46. The molecule has 2 aliphatic rings. The normalized spacial score (nSPS) is 15.3. The molecule has 39 heavy (non-hydrogen) atoms. The Kier molecular flexibility index (Phi) is 7.21. The molecule has 198 valence electrons. The molecule has 0 unspecified atom stereocenters. The van der Waals surface area contributed by atoms with Gasteiger partial charge in [-0.25, -0.2) is 0 Å². The van der Waals surface area contributed by atoms with Gasteiger partial charge in [0.05, 0.1) is 11.3 Å². The van der Waals surface area contributed by atoms with Crippen molar-refractivity contribution >= 4 is 29.3 Å². The van der Waals surface area contributed by atoms with E-state index in [2.05, 4.69) is 20.9 Å². The van der Waals surface area contributed by atoms with E-state index in [0.29, 0.717) is 25.3 Å². The van der Waals surface area contributed by atoms with Crippen LogP contribution in [0.5, 0.6) is 5.75 Å². The van der Waals surface area contributed by atoms with Gasteiger partial charge in [0.15, 0.2) is 5.75 Å². The average Bonchev–Trinajstić information content (AvgIpc) is 3.24. The Bertz CT molecular complexity index is 1450. The molecule has 1 aromatic heterocycles. The number of nitrogens with one attached hydrogen (secondary N) is 3. The monoisotopic (exact) mass is 526 g/mol. The van der Waals surface area contributed by atoms with E-state index in [9.17, 15) is 24.3 Å². The Hall–Kier alpha value is -5.19. The molecule has 0 atom stereocenters. The molecular formula is C28H26N6O5. The number of benzene rings is 2. The summed E-state index contributed by atoms with van der Waals surface area (Å²) in [4.78, 5) is 58.1. The first-order chi connectivity index (χ1) is 18.9. The number of imide groups is 1. The number of hydrogen-bond donors (Lipinski definition) is 4. The number of hydrogen-bond acceptors (Lipinski definition) is 8. The van der Waals surface area contributed by atoms with Crippen molar-refractivity contribution < 1.29 is 24.3 Å². The van der Waals surface area contributed by atoms with Crippen LogP contribution in [0.15, 0.2) is 84.3 Å². The van der Waals surface area contributed by atoms with E-state index in [1.165, 1.54) is 12.1 Å². The van der Waals surface area contributed by atoms with Gasteiger partial charge >= 0.3 is 0 Å². The number of aromatic nitrogens is 1. The van der Waals surface area contributed by atoms with Crippen LogP contribution >= 0.6 is 0 Å². The fourth-order valence-electron chi connectivity index (χ4n) is 4.42. The maximum atomic E-state index is 13.3. The number of para-hydroxylation sites is 1. The summed E-state index contributed by atoms with van der Waals surface area (Å²) in [5.41, 5.74) is 1.37. The van der Waals surface area contributed by atoms with Crippen LogP contribution in [0.4, 0.5) is 5.69 Å². The minimum atomic E-state index is -0.652. The summed E-state index contributed by atoms with van der Waals surface area (Å²) >= 11 is 0. The van der Waals surface area contributed by atoms with E-state index >= 15 is 0 Å². The van der Waals surface area contributed by atoms with Crippen molar-refractivity contribution in [2.24, 2.45) is 0 Å². The summed E-state index contributed by atoms with van der Waals surface area (Å²) in [7, 11) is 0. The van der Waals surface area contributed by atoms with Gasteiger partial charge in [-0.05, 0) is 29.8 Å². The molecular weight excluding hydrogens is 500 g/mol. The van der Waals surface area contributed by atoms with Crippen molar-refractivity contribution in [1.29, 1.82) is 0 Å². The number of nitrogens with zero attached hydrogens (tertiary/aromatic N) is 3. The molecule has 3 heterocycles. The highest BCUT2D eigenvalue weighted by atomic mass is 16.3. The van der Waals surface area contributed by atoms with Crippen LogP contribution in [0.25, 0.3) is 0 Å². The molecule has 0 spiro atoms. The summed E-state index contributed by atoms with van der Waals surface area (Å²) in [6.07, 6.45) is 1.56. The Morgan fingerprint density at radius 2 is 1.49 bits per heavy atom. The standard InChI is InChI=1S/C28H26N6O5/c35-24-19(27(38)33-13-15-34(16-14-33)28(39)21-10-4-5-12-29-21)9-6-11-20(24)31-23-22(25(36)32-26(23)37)30-17-18-7-2-1-3-8-18/h1-12,35H,13-17H2,(H3,30,31,32,36,37). The first-order valence-corrected chi connectivity index (χ1v) is 12.4. The molecule has 2 aliphatic heterocycles. The van der Waals surface area contributed by atoms with E-state index in [1.807, 2.05) is 30.3 Å². The predicted molar refractivity (Wildman–Crippen MR) is 141 cm³/mol. The number of phenolic OH excluding ortho intramolecular Hbond substituents is 1. The van der Waals surface area contributed by atoms with Crippen molar-refractivity contribution in [3.63, 3.8) is 0 Å². The van der Waals surface area contributed by atoms with Gasteiger partial charge in [-0.15, -0.1) is 0 Å². The first kappa shape index (κ1) is 25.5. The lowest BCUT2D eigenvalue weighted by molar-refractivity contribution is -0.124. The van der Waals surface area contributed by atoms with Gasteiger partial charge < -0.3 is 25.5 Å². The van der Waals surface area contributed by atoms with E-state index in [-0.39, 0.29) is 47.4 Å². The molecule has 4 amide bonds. The summed E-state index contributed by atoms with van der Waals surface area (Å²) in [6.45, 7) is 1.52. The third-order valence-electron chi connectivity index (χ3n) is 6.51. The van der Waals surface area contributed by atoms with Crippen LogP contribution < -0.4 is 16.0 Å². The zero-order valence-electron chi connectivity index (χ0n) is 20.9. The number of carbonyl (C=O) groups excluding carboxylic acids is 4. The number of rotatable bonds is 7. The third-order valence-corrected chi connectivity index (χ3v) is 6.51. The Balaban J connectivity index is 1.28. The van der Waals surface area contributed by atoms with Crippen molar-refractivity contribution in [1.82, 2.24) is 25.4 Å². The summed E-state index contributed by atoms with van der Waals surface area (Å²) in [5, 5.41) is 19.0. The second-order valence-electron chi connectivity index (χ2n) is 9.00. The highest BCUT2D eigenvalue weighted by Gasteiger charge is 2.32. The minimum Gasteiger partial charge on any atom is -0.505 e. The minimum absolute atomic E-state index is 0.0358. The third kappa shape index (κ3) is 5.42. The fraction of sp³-hybridized carbons (Fsp3) is 0.179. The molecule has 3 aromatic rings. The van der Waals surface area contributed by atoms with Gasteiger partial charge in [0.25, 0.3) is 23.6 Å². The number of pyridine rings is 1. The van der Waals surface area contributed by atoms with E-state index in [0.717, 1.165) is 5.56 Å². The van der Waals surface area contributed by atoms with Gasteiger partial charge in [-0.2, -0.15) is 0 Å². The lowest BCUT2D eigenvalue weighted by Crippen LogP contribution is -2.50. The smallest absolute Gasteiger partial charge is 0.276 e. The van der Waals surface area contributed by atoms with Crippen LogP contribution in [0.2, 0.25) is 0 Å². The topological polar surface area (TPSA) is 144 Å². The maximum absolute atomic E-state index is 13.3. The van der Waals surface area contributed by atoms with Crippen LogP contribution in [0, 0.1) is 0 Å². The number of anilines is 1. The largest absolute Gasteiger partial charge is 0.505 e. The molecule has 1 fully saturated rings. The van der Waals surface area contributed by atoms with Crippen molar-refractivity contribution in [3.05, 3.63) is 101 Å². The maximum Gasteiger partial charge on any atom is 0.276 e. The quantitative estimate of drug-likeness (QED) is 0.268. The van der Waals surface area contributed by atoms with E-state index in [1.54, 1.807) is 40.3 Å². The highest BCUT2D eigenvalue weighted by molar-refractivity contribution is 6.20. The number of phenols is 1. The average molecular weight is 527 g/mol. The van der Waals surface area contributed by atoms with Crippen molar-refractivity contribution in [3.8, 4) is 5.75 Å². The molecule has 11 nitrogen and oxygen atoms in total. The van der Waals surface area contributed by atoms with Gasteiger partial charge in [-0.3, -0.25) is 29.5 Å². The zero-order chi connectivity index (χ0) is 27.4. The zero-order valence-corrected chi connectivity index (χ0v) is 20.9. The summed E-state index contributed by atoms with van der Waals surface area (Å²) in [5.74, 6) is -2.21. The first-order valence-electron chi connectivity index (χ1n) is 12.4. The van der Waals surface area contributed by atoms with Crippen LogP contribution in [-0.2, 0) is 16.1 Å². The Labute approximate surface area is 224 Å². The molecule has 0 radical (unpaired) electrons. The highest BCUT2D eigenvalue weighted by Crippen LogP contribution is 2.31. The van der Waals surface area contributed by atoms with E-state index < -0.39 is 17.7 Å². The van der Waals surface area contributed by atoms with Gasteiger partial charge in [0.2, 0.25) is 0 Å². The number of carbonyl (C=O) groups is 4. The van der Waals surface area contributed by atoms with Gasteiger partial charge in [0.1, 0.15) is 17.1 Å². The molecule has 1 saturated heterocycles. The lowest BCUT2D eigenvalue weighted by atomic mass is 10.1. The molecule has 0 saturated carbocycles. The van der Waals surface area contributed by atoms with E-state index in [4.69, 9.17) is 0 Å². The van der Waals surface area contributed by atoms with Crippen LogP contribution in [0.1, 0.15) is 26.4 Å². The molecule has 11 heteroatoms. The van der Waals surface area contributed by atoms with Crippen LogP contribution in [0.3, 0.4) is 0 Å². The fourth-order valence-corrected chi connectivity index (χ4v) is 4.42. The number of aromatic hydroxyl groups is 1. The molecule has 0 bridgehead atoms. The van der Waals surface area contributed by atoms with Gasteiger partial charge in [-0.1, -0.05) is 42.5 Å². The summed E-state index contributed by atoms with van der Waals surface area (Å²) < 4.78 is 0. The Morgan fingerprint density at radius 3 is 2.18 bits per heavy atom.